The average Bonchev–Trinajstić information content (AvgIpc) is 3.38. The third-order valence-corrected chi connectivity index (χ3v) is 15.9. The Kier molecular flexibility index (Phi) is 61.4. The Bertz CT molecular complexity index is 1040. The van der Waals surface area contributed by atoms with E-state index in [9.17, 15) is 19.8 Å². The van der Waals surface area contributed by atoms with E-state index < -0.39 is 12.1 Å². The number of hydrogen-bond donors (Lipinski definition) is 3. The molecule has 0 aliphatic heterocycles. The summed E-state index contributed by atoms with van der Waals surface area (Å²) < 4.78 is 5.50. The fraction of sp³-hybridized carbons (Fsp3) is 0.970. The lowest BCUT2D eigenvalue weighted by Crippen LogP contribution is -2.45. The molecule has 0 rings (SSSR count). The van der Waals surface area contributed by atoms with Gasteiger partial charge in [-0.15, -0.1) is 0 Å². The molecule has 0 fully saturated rings. The minimum absolute atomic E-state index is 0.0239. The van der Waals surface area contributed by atoms with E-state index >= 15 is 0 Å². The smallest absolute Gasteiger partial charge is 0.305 e. The zero-order valence-corrected chi connectivity index (χ0v) is 49.2. The summed E-state index contributed by atoms with van der Waals surface area (Å²) in [6.07, 6.45) is 74.4. The zero-order valence-electron chi connectivity index (χ0n) is 49.2. The molecule has 6 nitrogen and oxygen atoms in total. The molecule has 3 N–H and O–H groups in total. The molecule has 0 aliphatic carbocycles. The van der Waals surface area contributed by atoms with Crippen LogP contribution in [0.4, 0.5) is 0 Å². The van der Waals surface area contributed by atoms with Crippen LogP contribution >= 0.6 is 0 Å². The fourth-order valence-corrected chi connectivity index (χ4v) is 10.8. The molecule has 0 spiro atoms. The molecule has 2 atom stereocenters. The number of carbonyl (C=O) groups excluding carboxylic acids is 2. The molecule has 0 aromatic carbocycles. The summed E-state index contributed by atoms with van der Waals surface area (Å²) >= 11 is 0. The summed E-state index contributed by atoms with van der Waals surface area (Å²) in [7, 11) is 0. The SMILES string of the molecule is CCCCCCCCCCCCCCCCCC(=O)OCCCCCCCCCCCCCCCCCCCCCCCCCCCCCCCCC(=O)NC(CO)C(O)CCCCCCCCCCCC. The summed E-state index contributed by atoms with van der Waals surface area (Å²) in [5.41, 5.74) is 0. The van der Waals surface area contributed by atoms with Crippen molar-refractivity contribution in [3.8, 4) is 0 Å². The van der Waals surface area contributed by atoms with Crippen molar-refractivity contribution in [2.45, 2.75) is 398 Å². The van der Waals surface area contributed by atoms with Crippen molar-refractivity contribution in [1.82, 2.24) is 5.32 Å². The van der Waals surface area contributed by atoms with Gasteiger partial charge in [0.2, 0.25) is 5.91 Å². The van der Waals surface area contributed by atoms with Gasteiger partial charge in [-0.3, -0.25) is 9.59 Å². The van der Waals surface area contributed by atoms with Gasteiger partial charge in [0, 0.05) is 12.8 Å². The van der Waals surface area contributed by atoms with E-state index in [0.717, 1.165) is 38.5 Å². The number of aliphatic hydroxyl groups is 2. The molecule has 0 aromatic rings. The quantitative estimate of drug-likeness (QED) is 0.0417. The van der Waals surface area contributed by atoms with Crippen molar-refractivity contribution in [2.24, 2.45) is 0 Å². The Morgan fingerprint density at radius 1 is 0.333 bits per heavy atom. The number of unbranched alkanes of at least 4 members (excludes halogenated alkanes) is 52. The molecule has 0 bridgehead atoms. The van der Waals surface area contributed by atoms with Crippen molar-refractivity contribution in [1.29, 1.82) is 0 Å². The molecule has 1 amide bonds. The molecular weight excluding hydrogens is 887 g/mol. The first kappa shape index (κ1) is 70.9. The standard InChI is InChI=1S/C66H131NO5/c1-3-5-7-9-11-13-15-16-33-37-40-44-48-52-56-60-66(71)72-61-57-53-49-45-41-38-35-32-30-28-26-24-22-20-18-17-19-21-23-25-27-29-31-34-36-39-43-47-51-55-59-65(70)67-63(62-68)64(69)58-54-50-46-42-14-12-10-8-6-4-2/h63-64,68-69H,3-62H2,1-2H3,(H,67,70). The lowest BCUT2D eigenvalue weighted by molar-refractivity contribution is -0.143. The fourth-order valence-electron chi connectivity index (χ4n) is 10.8. The number of aliphatic hydroxyl groups excluding tert-OH is 2. The van der Waals surface area contributed by atoms with E-state index in [0.29, 0.717) is 25.9 Å². The Balaban J connectivity index is 3.28. The van der Waals surface area contributed by atoms with Crippen LogP contribution in [-0.4, -0.2) is 47.4 Å². The van der Waals surface area contributed by atoms with Crippen molar-refractivity contribution in [3.63, 3.8) is 0 Å². The number of rotatable bonds is 63. The maximum atomic E-state index is 12.4. The third-order valence-electron chi connectivity index (χ3n) is 15.9. The van der Waals surface area contributed by atoms with Gasteiger partial charge in [-0.2, -0.15) is 0 Å². The summed E-state index contributed by atoms with van der Waals surface area (Å²) in [5.74, 6) is -0.00650. The lowest BCUT2D eigenvalue weighted by Gasteiger charge is -2.22. The first-order valence-electron chi connectivity index (χ1n) is 33.3. The van der Waals surface area contributed by atoms with Crippen molar-refractivity contribution < 1.29 is 24.5 Å². The molecule has 0 saturated heterocycles. The Morgan fingerprint density at radius 2 is 0.569 bits per heavy atom. The lowest BCUT2D eigenvalue weighted by atomic mass is 10.0. The van der Waals surface area contributed by atoms with Crippen LogP contribution in [0.1, 0.15) is 386 Å². The van der Waals surface area contributed by atoms with Gasteiger partial charge in [0.25, 0.3) is 0 Å². The Hall–Kier alpha value is -1.14. The largest absolute Gasteiger partial charge is 0.466 e. The van der Waals surface area contributed by atoms with Crippen LogP contribution in [0, 0.1) is 0 Å². The van der Waals surface area contributed by atoms with Crippen LogP contribution < -0.4 is 5.32 Å². The molecule has 0 aliphatic rings. The zero-order chi connectivity index (χ0) is 52.2. The number of hydrogen-bond acceptors (Lipinski definition) is 5. The summed E-state index contributed by atoms with van der Waals surface area (Å²) in [6.45, 7) is 4.98. The van der Waals surface area contributed by atoms with Gasteiger partial charge >= 0.3 is 5.97 Å². The second-order valence-electron chi connectivity index (χ2n) is 23.2. The molecule has 2 unspecified atom stereocenters. The predicted molar refractivity (Wildman–Crippen MR) is 315 cm³/mol. The van der Waals surface area contributed by atoms with Crippen molar-refractivity contribution in [2.75, 3.05) is 13.2 Å². The van der Waals surface area contributed by atoms with Crippen LogP contribution in [-0.2, 0) is 14.3 Å². The molecule has 72 heavy (non-hydrogen) atoms. The van der Waals surface area contributed by atoms with Gasteiger partial charge in [-0.25, -0.2) is 0 Å². The normalized spacial score (nSPS) is 12.4. The van der Waals surface area contributed by atoms with E-state index in [1.807, 2.05) is 0 Å². The molecule has 0 heterocycles. The molecule has 430 valence electrons. The van der Waals surface area contributed by atoms with E-state index in [1.54, 1.807) is 0 Å². The predicted octanol–water partition coefficient (Wildman–Crippen LogP) is 21.0. The molecule has 0 radical (unpaired) electrons. The van der Waals surface area contributed by atoms with E-state index in [2.05, 4.69) is 19.2 Å². The first-order chi connectivity index (χ1) is 35.5. The minimum atomic E-state index is -0.658. The number of carbonyl (C=O) groups is 2. The molecule has 6 heteroatoms. The molecule has 0 saturated carbocycles. The first-order valence-corrected chi connectivity index (χ1v) is 33.3. The van der Waals surface area contributed by atoms with E-state index in [4.69, 9.17) is 4.74 Å². The van der Waals surface area contributed by atoms with Crippen LogP contribution in [0.5, 0.6) is 0 Å². The topological polar surface area (TPSA) is 95.9 Å². The average molecular weight is 1020 g/mol. The summed E-state index contributed by atoms with van der Waals surface area (Å²) in [4.78, 5) is 24.5. The van der Waals surface area contributed by atoms with Gasteiger partial charge in [0.05, 0.1) is 25.4 Å². The summed E-state index contributed by atoms with van der Waals surface area (Å²) in [5, 5.41) is 23.2. The Morgan fingerprint density at radius 3 is 0.847 bits per heavy atom. The van der Waals surface area contributed by atoms with Crippen LogP contribution in [0.3, 0.4) is 0 Å². The van der Waals surface area contributed by atoms with E-state index in [-0.39, 0.29) is 18.5 Å². The van der Waals surface area contributed by atoms with Gasteiger partial charge in [-0.1, -0.05) is 348 Å². The van der Waals surface area contributed by atoms with Crippen LogP contribution in [0.2, 0.25) is 0 Å². The highest BCUT2D eigenvalue weighted by Gasteiger charge is 2.20. The second kappa shape index (κ2) is 62.4. The van der Waals surface area contributed by atoms with Crippen molar-refractivity contribution in [3.05, 3.63) is 0 Å². The van der Waals surface area contributed by atoms with Crippen LogP contribution in [0.15, 0.2) is 0 Å². The van der Waals surface area contributed by atoms with Gasteiger partial charge < -0.3 is 20.3 Å². The van der Waals surface area contributed by atoms with E-state index in [1.165, 1.54) is 315 Å². The minimum Gasteiger partial charge on any atom is -0.466 e. The maximum Gasteiger partial charge on any atom is 0.305 e. The maximum absolute atomic E-state index is 12.4. The molecular formula is C66H131NO5. The van der Waals surface area contributed by atoms with Gasteiger partial charge in [0.1, 0.15) is 0 Å². The number of esters is 1. The Labute approximate surface area is 451 Å². The number of ether oxygens (including phenoxy) is 1. The molecule has 0 aromatic heterocycles. The highest BCUT2D eigenvalue weighted by molar-refractivity contribution is 5.76. The van der Waals surface area contributed by atoms with Gasteiger partial charge in [-0.05, 0) is 25.7 Å². The monoisotopic (exact) mass is 1020 g/mol. The number of nitrogens with one attached hydrogen (secondary N) is 1. The highest BCUT2D eigenvalue weighted by atomic mass is 16.5. The van der Waals surface area contributed by atoms with Crippen molar-refractivity contribution >= 4 is 11.9 Å². The summed E-state index contributed by atoms with van der Waals surface area (Å²) in [6, 6.07) is -0.535. The van der Waals surface area contributed by atoms with Gasteiger partial charge in [0.15, 0.2) is 0 Å². The second-order valence-corrected chi connectivity index (χ2v) is 23.2. The highest BCUT2D eigenvalue weighted by Crippen LogP contribution is 2.19. The van der Waals surface area contributed by atoms with Crippen LogP contribution in [0.25, 0.3) is 0 Å². The third kappa shape index (κ3) is 58.1. The number of amides is 1.